The summed E-state index contributed by atoms with van der Waals surface area (Å²) in [5.74, 6) is -1.14. The molecule has 0 bridgehead atoms. The van der Waals surface area contributed by atoms with E-state index in [-0.39, 0.29) is 15.9 Å². The van der Waals surface area contributed by atoms with E-state index in [2.05, 4.69) is 10.2 Å². The quantitative estimate of drug-likeness (QED) is 0.788. The number of carbonyl (C=O) groups excluding carboxylic acids is 2. The number of nitrogens with zero attached hydrogens (tertiary/aromatic N) is 2. The van der Waals surface area contributed by atoms with Crippen molar-refractivity contribution in [2.24, 2.45) is 0 Å². The molecular formula is C7H5Cl2N3O2. The molecule has 0 radical (unpaired) electrons. The van der Waals surface area contributed by atoms with E-state index in [9.17, 15) is 9.59 Å². The molecule has 0 atom stereocenters. The first-order valence-corrected chi connectivity index (χ1v) is 4.27. The van der Waals surface area contributed by atoms with E-state index in [0.717, 1.165) is 0 Å². The number of amides is 2. The maximum atomic E-state index is 11.3. The Balaban J connectivity index is 3.00. The van der Waals surface area contributed by atoms with E-state index < -0.39 is 11.8 Å². The van der Waals surface area contributed by atoms with Gasteiger partial charge in [0.1, 0.15) is 0 Å². The molecule has 0 aliphatic carbocycles. The fourth-order valence-electron chi connectivity index (χ4n) is 0.740. The average molecular weight is 234 g/mol. The Morgan fingerprint density at radius 1 is 1.36 bits per heavy atom. The van der Waals surface area contributed by atoms with E-state index in [4.69, 9.17) is 23.2 Å². The van der Waals surface area contributed by atoms with Gasteiger partial charge in [0, 0.05) is 6.92 Å². The van der Waals surface area contributed by atoms with Crippen molar-refractivity contribution >= 4 is 35.0 Å². The van der Waals surface area contributed by atoms with Crippen molar-refractivity contribution in [3.63, 3.8) is 0 Å². The van der Waals surface area contributed by atoms with Crippen LogP contribution in [0.5, 0.6) is 0 Å². The molecule has 0 fully saturated rings. The molecule has 1 aromatic rings. The second-order valence-electron chi connectivity index (χ2n) is 2.38. The first-order chi connectivity index (χ1) is 6.50. The van der Waals surface area contributed by atoms with Gasteiger partial charge in [0.25, 0.3) is 5.91 Å². The van der Waals surface area contributed by atoms with Crippen LogP contribution in [-0.4, -0.2) is 22.0 Å². The Labute approximate surface area is 89.4 Å². The Bertz CT molecular complexity index is 395. The molecule has 0 aromatic carbocycles. The lowest BCUT2D eigenvalue weighted by Gasteiger charge is -2.01. The number of rotatable bonds is 1. The van der Waals surface area contributed by atoms with Crippen molar-refractivity contribution in [3.8, 4) is 0 Å². The lowest BCUT2D eigenvalue weighted by Crippen LogP contribution is -2.28. The smallest absolute Gasteiger partial charge is 0.261 e. The largest absolute Gasteiger partial charge is 0.292 e. The molecule has 0 spiro atoms. The Kier molecular flexibility index (Phi) is 3.38. The fourth-order valence-corrected chi connectivity index (χ4v) is 1.06. The average Bonchev–Trinajstić information content (AvgIpc) is 2.08. The van der Waals surface area contributed by atoms with Crippen molar-refractivity contribution in [1.82, 2.24) is 15.5 Å². The molecule has 0 aliphatic heterocycles. The predicted octanol–water partition coefficient (Wildman–Crippen LogP) is 1.06. The van der Waals surface area contributed by atoms with Gasteiger partial charge in [-0.15, -0.1) is 10.2 Å². The third-order valence-electron chi connectivity index (χ3n) is 1.25. The third-order valence-corrected chi connectivity index (χ3v) is 1.72. The summed E-state index contributed by atoms with van der Waals surface area (Å²) in [7, 11) is 0. The zero-order chi connectivity index (χ0) is 10.7. The lowest BCUT2D eigenvalue weighted by atomic mass is 10.3. The van der Waals surface area contributed by atoms with Crippen molar-refractivity contribution in [2.75, 3.05) is 0 Å². The van der Waals surface area contributed by atoms with Crippen LogP contribution in [0.2, 0.25) is 10.3 Å². The summed E-state index contributed by atoms with van der Waals surface area (Å²) in [5.41, 5.74) is 0.0156. The van der Waals surface area contributed by atoms with Crippen molar-refractivity contribution in [3.05, 3.63) is 21.9 Å². The number of nitrogens with one attached hydrogen (secondary N) is 1. The summed E-state index contributed by atoms with van der Waals surface area (Å²) in [6.07, 6.45) is 0. The monoisotopic (exact) mass is 233 g/mol. The van der Waals surface area contributed by atoms with Crippen molar-refractivity contribution in [1.29, 1.82) is 0 Å². The van der Waals surface area contributed by atoms with Crippen LogP contribution < -0.4 is 5.32 Å². The van der Waals surface area contributed by atoms with Crippen LogP contribution in [0.3, 0.4) is 0 Å². The Hall–Kier alpha value is -1.20. The minimum absolute atomic E-state index is 0.0156. The Morgan fingerprint density at radius 2 is 2.00 bits per heavy atom. The second kappa shape index (κ2) is 4.34. The van der Waals surface area contributed by atoms with Gasteiger partial charge in [0.2, 0.25) is 5.91 Å². The van der Waals surface area contributed by atoms with Crippen LogP contribution in [0.4, 0.5) is 0 Å². The molecule has 74 valence electrons. The summed E-state index contributed by atoms with van der Waals surface area (Å²) < 4.78 is 0. The molecule has 0 saturated heterocycles. The van der Waals surface area contributed by atoms with Gasteiger partial charge in [-0.3, -0.25) is 14.9 Å². The zero-order valence-electron chi connectivity index (χ0n) is 7.04. The summed E-state index contributed by atoms with van der Waals surface area (Å²) in [4.78, 5) is 21.9. The minimum atomic E-state index is -0.653. The predicted molar refractivity (Wildman–Crippen MR) is 50.2 cm³/mol. The molecule has 1 heterocycles. The highest BCUT2D eigenvalue weighted by atomic mass is 35.5. The minimum Gasteiger partial charge on any atom is -0.292 e. The molecule has 1 N–H and O–H groups in total. The van der Waals surface area contributed by atoms with Crippen molar-refractivity contribution < 1.29 is 9.59 Å². The molecule has 1 aromatic heterocycles. The van der Waals surface area contributed by atoms with Gasteiger partial charge in [0.15, 0.2) is 10.3 Å². The SMILES string of the molecule is CC(=O)NC(=O)c1cc(Cl)nnc1Cl. The molecular weight excluding hydrogens is 229 g/mol. The normalized spacial score (nSPS) is 9.64. The Morgan fingerprint density at radius 3 is 2.57 bits per heavy atom. The maximum Gasteiger partial charge on any atom is 0.261 e. The van der Waals surface area contributed by atoms with Crippen LogP contribution in [0, 0.1) is 0 Å². The second-order valence-corrected chi connectivity index (χ2v) is 3.13. The highest BCUT2D eigenvalue weighted by molar-refractivity contribution is 6.34. The van der Waals surface area contributed by atoms with E-state index in [1.165, 1.54) is 13.0 Å². The maximum absolute atomic E-state index is 11.3. The summed E-state index contributed by atoms with van der Waals surface area (Å²) in [6, 6.07) is 1.23. The molecule has 7 heteroatoms. The van der Waals surface area contributed by atoms with Crippen molar-refractivity contribution in [2.45, 2.75) is 6.92 Å². The molecule has 2 amide bonds. The van der Waals surface area contributed by atoms with Gasteiger partial charge < -0.3 is 0 Å². The summed E-state index contributed by atoms with van der Waals surface area (Å²) >= 11 is 11.1. The van der Waals surface area contributed by atoms with Gasteiger partial charge in [-0.2, -0.15) is 0 Å². The molecule has 0 aliphatic rings. The summed E-state index contributed by atoms with van der Waals surface area (Å²) in [5, 5.41) is 8.80. The molecule has 5 nitrogen and oxygen atoms in total. The highest BCUT2D eigenvalue weighted by Gasteiger charge is 2.13. The van der Waals surface area contributed by atoms with Crippen LogP contribution in [0.25, 0.3) is 0 Å². The van der Waals surface area contributed by atoms with Gasteiger partial charge >= 0.3 is 0 Å². The standard InChI is InChI=1S/C7H5Cl2N3O2/c1-3(13)10-7(14)4-2-5(8)11-12-6(4)9/h2H,1H3,(H,10,13,14). The van der Waals surface area contributed by atoms with E-state index in [1.54, 1.807) is 0 Å². The van der Waals surface area contributed by atoms with Gasteiger partial charge in [0.05, 0.1) is 5.56 Å². The number of halogens is 2. The first-order valence-electron chi connectivity index (χ1n) is 3.51. The summed E-state index contributed by atoms with van der Waals surface area (Å²) in [6.45, 7) is 1.21. The van der Waals surface area contributed by atoms with E-state index >= 15 is 0 Å². The lowest BCUT2D eigenvalue weighted by molar-refractivity contribution is -0.118. The van der Waals surface area contributed by atoms with Gasteiger partial charge in [-0.05, 0) is 6.07 Å². The highest BCUT2D eigenvalue weighted by Crippen LogP contribution is 2.14. The molecule has 0 saturated carbocycles. The first kappa shape index (κ1) is 10.9. The zero-order valence-corrected chi connectivity index (χ0v) is 8.56. The number of aromatic nitrogens is 2. The third kappa shape index (κ3) is 2.65. The molecule has 14 heavy (non-hydrogen) atoms. The number of hydrogen-bond acceptors (Lipinski definition) is 4. The van der Waals surface area contributed by atoms with E-state index in [0.29, 0.717) is 0 Å². The van der Waals surface area contributed by atoms with Gasteiger partial charge in [-0.25, -0.2) is 0 Å². The van der Waals surface area contributed by atoms with Crippen LogP contribution >= 0.6 is 23.2 Å². The number of carbonyl (C=O) groups is 2. The van der Waals surface area contributed by atoms with E-state index in [1.807, 2.05) is 5.32 Å². The number of hydrogen-bond donors (Lipinski definition) is 1. The molecule has 0 unspecified atom stereocenters. The van der Waals surface area contributed by atoms with Gasteiger partial charge in [-0.1, -0.05) is 23.2 Å². The van der Waals surface area contributed by atoms with Crippen LogP contribution in [0.15, 0.2) is 6.07 Å². The number of imide groups is 1. The fraction of sp³-hybridized carbons (Fsp3) is 0.143. The molecule has 1 rings (SSSR count). The topological polar surface area (TPSA) is 72.0 Å². The van der Waals surface area contributed by atoms with Crippen LogP contribution in [-0.2, 0) is 4.79 Å². The van der Waals surface area contributed by atoms with Crippen LogP contribution in [0.1, 0.15) is 17.3 Å².